The van der Waals surface area contributed by atoms with Crippen molar-refractivity contribution in [3.05, 3.63) is 17.7 Å². The Hall–Kier alpha value is -2.12. The van der Waals surface area contributed by atoms with Crippen LogP contribution in [0.25, 0.3) is 0 Å². The number of benzene rings is 1. The maximum atomic E-state index is 11.2. The van der Waals surface area contributed by atoms with Crippen molar-refractivity contribution in [1.29, 1.82) is 0 Å². The smallest absolute Gasteiger partial charge is 0.162 e. The molecule has 1 N–H and O–H groups in total. The summed E-state index contributed by atoms with van der Waals surface area (Å²) >= 11 is 0. The van der Waals surface area contributed by atoms with E-state index < -0.39 is 6.04 Å². The number of aliphatic imine (C=N–C) groups is 1. The van der Waals surface area contributed by atoms with Gasteiger partial charge in [-0.1, -0.05) is 0 Å². The molecule has 1 unspecified atom stereocenters. The molecule has 0 amide bonds. The molecule has 1 aromatic carbocycles. The molecule has 2 aliphatic heterocycles. The summed E-state index contributed by atoms with van der Waals surface area (Å²) in [7, 11) is 1.61. The van der Waals surface area contributed by atoms with Gasteiger partial charge in [-0.3, -0.25) is 9.89 Å². The van der Waals surface area contributed by atoms with Gasteiger partial charge in [0, 0.05) is 37.0 Å². The number of hydrogen-bond acceptors (Lipinski definition) is 7. The number of nitrogens with zero attached hydrogens (tertiary/aromatic N) is 2. The highest BCUT2D eigenvalue weighted by Gasteiger charge is 2.20. The number of carbonyl (C=O) groups excluding carboxylic acids is 1. The molecule has 0 spiro atoms. The van der Waals surface area contributed by atoms with Gasteiger partial charge >= 0.3 is 0 Å². The number of methoxy groups -OCH3 is 1. The molecule has 1 saturated heterocycles. The minimum Gasteiger partial charge on any atom is -0.493 e. The zero-order valence-corrected chi connectivity index (χ0v) is 13.9. The van der Waals surface area contributed by atoms with Crippen molar-refractivity contribution in [3.8, 4) is 11.5 Å². The summed E-state index contributed by atoms with van der Waals surface area (Å²) in [5.41, 5.74) is 1.62. The highest BCUT2D eigenvalue weighted by atomic mass is 16.5. The third-order valence-corrected chi connectivity index (χ3v) is 4.22. The van der Waals surface area contributed by atoms with Crippen LogP contribution in [0.2, 0.25) is 0 Å². The van der Waals surface area contributed by atoms with Crippen molar-refractivity contribution in [2.45, 2.75) is 12.5 Å². The van der Waals surface area contributed by atoms with Gasteiger partial charge in [-0.05, 0) is 12.5 Å². The van der Waals surface area contributed by atoms with Gasteiger partial charge in [-0.25, -0.2) is 0 Å². The molecule has 1 atom stereocenters. The Morgan fingerprint density at radius 1 is 1.38 bits per heavy atom. The number of anilines is 1. The molecule has 0 bridgehead atoms. The van der Waals surface area contributed by atoms with Crippen molar-refractivity contribution in [1.82, 2.24) is 4.90 Å². The predicted octanol–water partition coefficient (Wildman–Crippen LogP) is 1.49. The Balaban J connectivity index is 1.61. The summed E-state index contributed by atoms with van der Waals surface area (Å²) in [5.74, 6) is 1.29. The lowest BCUT2D eigenvalue weighted by molar-refractivity contribution is -0.108. The maximum Gasteiger partial charge on any atom is 0.162 e. The van der Waals surface area contributed by atoms with Gasteiger partial charge in [0.25, 0.3) is 0 Å². The number of aldehydes is 1. The van der Waals surface area contributed by atoms with Gasteiger partial charge < -0.3 is 24.3 Å². The fraction of sp³-hybridized carbons (Fsp3) is 0.529. The SMILES string of the molecule is COc1cc2c(cc1OCCCN1CCOCC1)C(C=O)N=CN2. The number of nitrogens with one attached hydrogen (secondary N) is 1. The minimum atomic E-state index is -0.497. The molecule has 7 heteroatoms. The van der Waals surface area contributed by atoms with Crippen molar-refractivity contribution in [2.75, 3.05) is 51.9 Å². The molecule has 24 heavy (non-hydrogen) atoms. The van der Waals surface area contributed by atoms with Gasteiger partial charge in [-0.2, -0.15) is 0 Å². The number of rotatable bonds is 7. The van der Waals surface area contributed by atoms with E-state index in [1.807, 2.05) is 12.1 Å². The quantitative estimate of drug-likeness (QED) is 0.602. The zero-order valence-electron chi connectivity index (χ0n) is 13.9. The fourth-order valence-electron chi connectivity index (χ4n) is 2.89. The summed E-state index contributed by atoms with van der Waals surface area (Å²) in [6, 6.07) is 3.18. The van der Waals surface area contributed by atoms with Crippen LogP contribution in [-0.2, 0) is 9.53 Å². The van der Waals surface area contributed by atoms with Crippen molar-refractivity contribution in [3.63, 3.8) is 0 Å². The first-order chi connectivity index (χ1) is 11.8. The van der Waals surface area contributed by atoms with Crippen molar-refractivity contribution < 1.29 is 19.0 Å². The summed E-state index contributed by atoms with van der Waals surface area (Å²) in [6.45, 7) is 5.15. The molecule has 3 rings (SSSR count). The summed E-state index contributed by atoms with van der Waals surface area (Å²) in [6.07, 6.45) is 3.28. The van der Waals surface area contributed by atoms with Gasteiger partial charge in [-0.15, -0.1) is 0 Å². The zero-order chi connectivity index (χ0) is 16.8. The van der Waals surface area contributed by atoms with Crippen LogP contribution >= 0.6 is 0 Å². The standard InChI is InChI=1S/C17H23N3O4/c1-22-16-10-14-13(15(11-21)19-12-18-14)9-17(16)24-6-2-3-20-4-7-23-8-5-20/h9-12,15H,2-8H2,1H3,(H,18,19). The van der Waals surface area contributed by atoms with Gasteiger partial charge in [0.2, 0.25) is 0 Å². The molecule has 130 valence electrons. The van der Waals surface area contributed by atoms with E-state index in [0.717, 1.165) is 56.8 Å². The average molecular weight is 333 g/mol. The number of ether oxygens (including phenoxy) is 3. The molecule has 0 aliphatic carbocycles. The average Bonchev–Trinajstić information content (AvgIpc) is 2.64. The second-order valence-corrected chi connectivity index (χ2v) is 5.75. The van der Waals surface area contributed by atoms with Gasteiger partial charge in [0.15, 0.2) is 11.5 Å². The lowest BCUT2D eigenvalue weighted by atomic mass is 10.0. The van der Waals surface area contributed by atoms with Crippen LogP contribution in [0, 0.1) is 0 Å². The maximum absolute atomic E-state index is 11.2. The van der Waals surface area contributed by atoms with E-state index in [2.05, 4.69) is 15.2 Å². The molecule has 7 nitrogen and oxygen atoms in total. The van der Waals surface area contributed by atoms with Crippen LogP contribution in [0.1, 0.15) is 18.0 Å². The Morgan fingerprint density at radius 2 is 2.21 bits per heavy atom. The number of hydrogen-bond donors (Lipinski definition) is 1. The first-order valence-electron chi connectivity index (χ1n) is 8.20. The second kappa shape index (κ2) is 8.12. The van der Waals surface area contributed by atoms with Crippen LogP contribution < -0.4 is 14.8 Å². The van der Waals surface area contributed by atoms with Gasteiger partial charge in [0.05, 0.1) is 33.3 Å². The highest BCUT2D eigenvalue weighted by molar-refractivity contribution is 5.86. The van der Waals surface area contributed by atoms with E-state index in [1.54, 1.807) is 7.11 Å². The largest absolute Gasteiger partial charge is 0.493 e. The van der Waals surface area contributed by atoms with Crippen LogP contribution in [0.15, 0.2) is 17.1 Å². The molecular weight excluding hydrogens is 310 g/mol. The normalized spacial score (nSPS) is 20.1. The third kappa shape index (κ3) is 3.85. The lowest BCUT2D eigenvalue weighted by Gasteiger charge is -2.26. The molecular formula is C17H23N3O4. The van der Waals surface area contributed by atoms with Crippen LogP contribution in [0.4, 0.5) is 5.69 Å². The number of morpholine rings is 1. The van der Waals surface area contributed by atoms with Crippen molar-refractivity contribution >= 4 is 18.3 Å². The fourth-order valence-corrected chi connectivity index (χ4v) is 2.89. The van der Waals surface area contributed by atoms with E-state index >= 15 is 0 Å². The Bertz CT molecular complexity index is 600. The van der Waals surface area contributed by atoms with Crippen molar-refractivity contribution in [2.24, 2.45) is 4.99 Å². The molecule has 2 aliphatic rings. The summed E-state index contributed by atoms with van der Waals surface area (Å²) < 4.78 is 16.6. The molecule has 0 saturated carbocycles. The molecule has 1 fully saturated rings. The first kappa shape index (κ1) is 16.7. The van der Waals surface area contributed by atoms with Crippen LogP contribution in [0.5, 0.6) is 11.5 Å². The monoisotopic (exact) mass is 333 g/mol. The molecule has 1 aromatic rings. The number of fused-ring (bicyclic) bond motifs is 1. The third-order valence-electron chi connectivity index (χ3n) is 4.22. The molecule has 2 heterocycles. The van der Waals surface area contributed by atoms with E-state index in [-0.39, 0.29) is 0 Å². The topological polar surface area (TPSA) is 72.4 Å². The van der Waals surface area contributed by atoms with Crippen LogP contribution in [0.3, 0.4) is 0 Å². The predicted molar refractivity (Wildman–Crippen MR) is 91.3 cm³/mol. The second-order valence-electron chi connectivity index (χ2n) is 5.75. The summed E-state index contributed by atoms with van der Waals surface area (Å²) in [5, 5.41) is 3.03. The molecule has 0 aromatic heterocycles. The molecule has 0 radical (unpaired) electrons. The van der Waals surface area contributed by atoms with E-state index in [0.29, 0.717) is 18.1 Å². The Labute approximate surface area is 141 Å². The van der Waals surface area contributed by atoms with E-state index in [4.69, 9.17) is 14.2 Å². The Morgan fingerprint density at radius 3 is 2.96 bits per heavy atom. The highest BCUT2D eigenvalue weighted by Crippen LogP contribution is 2.38. The van der Waals surface area contributed by atoms with E-state index in [1.165, 1.54) is 6.34 Å². The lowest BCUT2D eigenvalue weighted by Crippen LogP contribution is -2.37. The minimum absolute atomic E-state index is 0.497. The Kier molecular flexibility index (Phi) is 5.66. The number of carbonyl (C=O) groups is 1. The van der Waals surface area contributed by atoms with E-state index in [9.17, 15) is 4.79 Å². The summed E-state index contributed by atoms with van der Waals surface area (Å²) in [4.78, 5) is 17.7. The van der Waals surface area contributed by atoms with Crippen LogP contribution in [-0.4, -0.2) is 64.1 Å². The van der Waals surface area contributed by atoms with Gasteiger partial charge in [0.1, 0.15) is 12.3 Å². The first-order valence-corrected chi connectivity index (χ1v) is 8.20.